The third kappa shape index (κ3) is 8.58. The zero-order valence-corrected chi connectivity index (χ0v) is 23.0. The van der Waals surface area contributed by atoms with Gasteiger partial charge in [0.1, 0.15) is 17.4 Å². The van der Waals surface area contributed by atoms with E-state index in [1.54, 1.807) is 45.6 Å². The van der Waals surface area contributed by atoms with Crippen LogP contribution in [0.5, 0.6) is 28.7 Å². The summed E-state index contributed by atoms with van der Waals surface area (Å²) in [5.74, 6) is 0.737. The third-order valence-corrected chi connectivity index (χ3v) is 6.17. The van der Waals surface area contributed by atoms with Crippen LogP contribution in [-0.2, 0) is 20.7 Å². The number of unbranched alkanes of at least 4 members (excludes halogenated alkanes) is 4. The predicted molar refractivity (Wildman–Crippen MR) is 144 cm³/mol. The monoisotopic (exact) mass is 515 g/mol. The van der Waals surface area contributed by atoms with Gasteiger partial charge in [-0.15, -0.1) is 0 Å². The van der Waals surface area contributed by atoms with Crippen molar-refractivity contribution in [2.75, 3.05) is 33.8 Å². The van der Waals surface area contributed by atoms with Gasteiger partial charge in [-0.3, -0.25) is 9.59 Å². The molecule has 2 aromatic carbocycles. The molecule has 0 aliphatic rings. The molecule has 1 amide bonds. The molecule has 8 nitrogen and oxygen atoms in total. The number of hydrogen-bond donors (Lipinski definition) is 1. The molecule has 1 unspecified atom stereocenters. The van der Waals surface area contributed by atoms with Crippen LogP contribution in [-0.4, -0.2) is 40.3 Å². The van der Waals surface area contributed by atoms with Gasteiger partial charge < -0.3 is 29.0 Å². The second-order valence-electron chi connectivity index (χ2n) is 8.80. The fourth-order valence-corrected chi connectivity index (χ4v) is 4.02. The van der Waals surface area contributed by atoms with Gasteiger partial charge in [-0.1, -0.05) is 46.0 Å². The minimum atomic E-state index is -0.921. The highest BCUT2D eigenvalue weighted by molar-refractivity contribution is 6.05. The van der Waals surface area contributed by atoms with Crippen molar-refractivity contribution in [1.29, 1.82) is 0 Å². The Balaban J connectivity index is 2.45. The summed E-state index contributed by atoms with van der Waals surface area (Å²) in [6, 6.07) is 8.84. The number of carbonyl (C=O) groups excluding carboxylic acids is 2. The number of benzene rings is 2. The maximum atomic E-state index is 13.2. The molecular weight excluding hydrogens is 474 g/mol. The molecule has 8 heteroatoms. The molecule has 1 N–H and O–H groups in total. The minimum absolute atomic E-state index is 0.381. The van der Waals surface area contributed by atoms with Crippen LogP contribution < -0.4 is 24.3 Å². The van der Waals surface area contributed by atoms with Crippen molar-refractivity contribution >= 4 is 17.6 Å². The van der Waals surface area contributed by atoms with Crippen molar-refractivity contribution in [3.05, 3.63) is 35.9 Å². The summed E-state index contributed by atoms with van der Waals surface area (Å²) in [5, 5.41) is 2.87. The number of carbonyl (C=O) groups is 2. The van der Waals surface area contributed by atoms with E-state index in [1.807, 2.05) is 6.07 Å². The zero-order chi connectivity index (χ0) is 27.2. The van der Waals surface area contributed by atoms with Crippen molar-refractivity contribution in [3.8, 4) is 28.7 Å². The summed E-state index contributed by atoms with van der Waals surface area (Å²) < 4.78 is 27.8. The Morgan fingerprint density at radius 3 is 2.14 bits per heavy atom. The molecule has 0 saturated carbocycles. The average molecular weight is 516 g/mol. The first-order valence-electron chi connectivity index (χ1n) is 12.9. The highest BCUT2D eigenvalue weighted by atomic mass is 16.5. The smallest absolute Gasteiger partial charge is 0.318 e. The molecular formula is C29H41NO7. The van der Waals surface area contributed by atoms with E-state index >= 15 is 0 Å². The second kappa shape index (κ2) is 15.6. The maximum Gasteiger partial charge on any atom is 0.318 e. The van der Waals surface area contributed by atoms with Gasteiger partial charge in [0.25, 0.3) is 0 Å². The molecule has 0 aliphatic carbocycles. The first-order chi connectivity index (χ1) is 17.9. The largest absolute Gasteiger partial charge is 0.497 e. The SMILES string of the molecule is CCCCCc1cc(OC)cc(OC)c1Oc1ccc(OC)cc1NC(=O)C(CCCCC)C(=O)OC. The Morgan fingerprint density at radius 1 is 0.811 bits per heavy atom. The van der Waals surface area contributed by atoms with Crippen LogP contribution in [0.2, 0.25) is 0 Å². The number of rotatable bonds is 16. The number of amides is 1. The number of methoxy groups -OCH3 is 4. The first kappa shape index (κ1) is 29.8. The second-order valence-corrected chi connectivity index (χ2v) is 8.80. The average Bonchev–Trinajstić information content (AvgIpc) is 2.92. The standard InChI is InChI=1S/C29H41NO7/c1-7-9-11-13-20-17-22(34-4)19-26(35-5)27(20)37-25-16-15-21(33-3)18-24(25)30-28(31)23(29(32)36-6)14-12-10-8-2/h15-19,23H,7-14H2,1-6H3,(H,30,31). The summed E-state index contributed by atoms with van der Waals surface area (Å²) >= 11 is 0. The molecule has 0 saturated heterocycles. The van der Waals surface area contributed by atoms with E-state index in [4.69, 9.17) is 23.7 Å². The Bertz CT molecular complexity index is 1020. The van der Waals surface area contributed by atoms with Gasteiger partial charge in [-0.25, -0.2) is 0 Å². The van der Waals surface area contributed by atoms with Gasteiger partial charge in [0.2, 0.25) is 5.91 Å². The maximum absolute atomic E-state index is 13.2. The van der Waals surface area contributed by atoms with Gasteiger partial charge in [0, 0.05) is 17.7 Å². The van der Waals surface area contributed by atoms with Crippen LogP contribution in [0.1, 0.15) is 64.4 Å². The van der Waals surface area contributed by atoms with E-state index in [0.29, 0.717) is 40.9 Å². The van der Waals surface area contributed by atoms with Crippen LogP contribution in [0.3, 0.4) is 0 Å². The highest BCUT2D eigenvalue weighted by Crippen LogP contribution is 2.42. The number of nitrogens with one attached hydrogen (secondary N) is 1. The quantitative estimate of drug-likeness (QED) is 0.154. The van der Waals surface area contributed by atoms with Gasteiger partial charge in [0.15, 0.2) is 17.2 Å². The van der Waals surface area contributed by atoms with Crippen molar-refractivity contribution in [2.24, 2.45) is 5.92 Å². The van der Waals surface area contributed by atoms with Crippen molar-refractivity contribution in [2.45, 2.75) is 65.2 Å². The van der Waals surface area contributed by atoms with E-state index in [2.05, 4.69) is 19.2 Å². The number of esters is 1. The van der Waals surface area contributed by atoms with Crippen LogP contribution in [0.15, 0.2) is 30.3 Å². The number of hydrogen-bond acceptors (Lipinski definition) is 7. The summed E-state index contributed by atoms with van der Waals surface area (Å²) in [6.07, 6.45) is 6.97. The minimum Gasteiger partial charge on any atom is -0.497 e. The molecule has 1 atom stereocenters. The molecule has 2 rings (SSSR count). The molecule has 0 bridgehead atoms. The lowest BCUT2D eigenvalue weighted by Gasteiger charge is -2.20. The summed E-state index contributed by atoms with van der Waals surface area (Å²) in [7, 11) is 6.02. The van der Waals surface area contributed by atoms with E-state index in [9.17, 15) is 9.59 Å². The fraction of sp³-hybridized carbons (Fsp3) is 0.517. The van der Waals surface area contributed by atoms with Crippen LogP contribution >= 0.6 is 0 Å². The Morgan fingerprint density at radius 2 is 1.51 bits per heavy atom. The highest BCUT2D eigenvalue weighted by Gasteiger charge is 2.28. The van der Waals surface area contributed by atoms with Crippen LogP contribution in [0.25, 0.3) is 0 Å². The van der Waals surface area contributed by atoms with E-state index in [1.165, 1.54) is 7.11 Å². The van der Waals surface area contributed by atoms with Crippen molar-refractivity contribution < 1.29 is 33.3 Å². The van der Waals surface area contributed by atoms with Crippen molar-refractivity contribution in [1.82, 2.24) is 0 Å². The lowest BCUT2D eigenvalue weighted by atomic mass is 10.00. The Kier molecular flexibility index (Phi) is 12.6. The van der Waals surface area contributed by atoms with Gasteiger partial charge in [-0.2, -0.15) is 0 Å². The summed E-state index contributed by atoms with van der Waals surface area (Å²) in [4.78, 5) is 25.6. The van der Waals surface area contributed by atoms with Gasteiger partial charge >= 0.3 is 5.97 Å². The molecule has 2 aromatic rings. The van der Waals surface area contributed by atoms with E-state index < -0.39 is 17.8 Å². The van der Waals surface area contributed by atoms with Gasteiger partial charge in [0.05, 0.1) is 34.1 Å². The normalized spacial score (nSPS) is 11.4. The third-order valence-electron chi connectivity index (χ3n) is 6.17. The van der Waals surface area contributed by atoms with E-state index in [-0.39, 0.29) is 0 Å². The number of anilines is 1. The summed E-state index contributed by atoms with van der Waals surface area (Å²) in [6.45, 7) is 4.22. The lowest BCUT2D eigenvalue weighted by Crippen LogP contribution is -2.30. The van der Waals surface area contributed by atoms with Crippen molar-refractivity contribution in [3.63, 3.8) is 0 Å². The predicted octanol–water partition coefficient (Wildman–Crippen LogP) is 6.55. The topological polar surface area (TPSA) is 92.3 Å². The fourth-order valence-electron chi connectivity index (χ4n) is 4.02. The molecule has 0 aromatic heterocycles. The number of ether oxygens (including phenoxy) is 5. The van der Waals surface area contributed by atoms with E-state index in [0.717, 1.165) is 50.5 Å². The van der Waals surface area contributed by atoms with Crippen LogP contribution in [0.4, 0.5) is 5.69 Å². The molecule has 0 fully saturated rings. The Labute approximate surface area is 220 Å². The van der Waals surface area contributed by atoms with Crippen LogP contribution in [0, 0.1) is 5.92 Å². The molecule has 0 heterocycles. The molecule has 37 heavy (non-hydrogen) atoms. The lowest BCUT2D eigenvalue weighted by molar-refractivity contribution is -0.149. The van der Waals surface area contributed by atoms with Gasteiger partial charge in [-0.05, 0) is 37.5 Å². The molecule has 204 valence electrons. The Hall–Kier alpha value is -3.42. The first-order valence-corrected chi connectivity index (χ1v) is 12.9. The zero-order valence-electron chi connectivity index (χ0n) is 23.0. The summed E-state index contributed by atoms with van der Waals surface area (Å²) in [5.41, 5.74) is 1.32. The number of aryl methyl sites for hydroxylation is 1. The molecule has 0 aliphatic heterocycles. The molecule has 0 spiro atoms. The molecule has 0 radical (unpaired) electrons.